The maximum atomic E-state index is 12.8. The zero-order valence-corrected chi connectivity index (χ0v) is 11.7. The molecule has 3 rings (SSSR count). The second-order valence-corrected chi connectivity index (χ2v) is 5.33. The summed E-state index contributed by atoms with van der Waals surface area (Å²) in [4.78, 5) is 26.4. The van der Waals surface area contributed by atoms with Crippen molar-refractivity contribution in [3.05, 3.63) is 60.1 Å². The second kappa shape index (κ2) is 5.09. The van der Waals surface area contributed by atoms with Crippen LogP contribution >= 0.6 is 0 Å². The summed E-state index contributed by atoms with van der Waals surface area (Å²) in [5.74, 6) is -0.279. The van der Waals surface area contributed by atoms with Crippen LogP contribution in [0.5, 0.6) is 0 Å². The number of furan rings is 1. The van der Waals surface area contributed by atoms with Gasteiger partial charge in [-0.2, -0.15) is 0 Å². The Labute approximate surface area is 122 Å². The smallest absolute Gasteiger partial charge is 0.253 e. The summed E-state index contributed by atoms with van der Waals surface area (Å²) in [6.45, 7) is 2.17. The molecule has 1 aliphatic rings. The average Bonchev–Trinajstić information content (AvgIpc) is 2.98. The van der Waals surface area contributed by atoms with Gasteiger partial charge in [-0.1, -0.05) is 30.3 Å². The summed E-state index contributed by atoms with van der Waals surface area (Å²) in [6, 6.07) is 11.1. The number of hydrogen-bond donors (Lipinski definition) is 1. The Balaban J connectivity index is 1.91. The van der Waals surface area contributed by atoms with E-state index in [1.807, 2.05) is 30.3 Å². The molecule has 1 atom stereocenters. The normalized spacial score (nSPS) is 22.2. The number of carbonyl (C=O) groups is 2. The Hall–Kier alpha value is -2.56. The van der Waals surface area contributed by atoms with Crippen LogP contribution in [0, 0.1) is 0 Å². The van der Waals surface area contributed by atoms with Gasteiger partial charge < -0.3 is 14.6 Å². The lowest BCUT2D eigenvalue weighted by atomic mass is 9.88. The Kier molecular flexibility index (Phi) is 3.25. The number of amides is 2. The van der Waals surface area contributed by atoms with Gasteiger partial charge in [-0.25, -0.2) is 0 Å². The molecule has 0 bridgehead atoms. The molecule has 0 radical (unpaired) electrons. The van der Waals surface area contributed by atoms with Crippen molar-refractivity contribution >= 4 is 11.8 Å². The molecule has 1 N–H and O–H groups in total. The first kappa shape index (κ1) is 13.4. The van der Waals surface area contributed by atoms with Gasteiger partial charge in [-0.05, 0) is 18.6 Å². The summed E-state index contributed by atoms with van der Waals surface area (Å²) < 4.78 is 5.02. The van der Waals surface area contributed by atoms with Gasteiger partial charge in [0.05, 0.1) is 19.1 Å². The minimum absolute atomic E-state index is 0.0619. The fraction of sp³-hybridized carbons (Fsp3) is 0.250. The summed E-state index contributed by atoms with van der Waals surface area (Å²) >= 11 is 0. The summed E-state index contributed by atoms with van der Waals surface area (Å²) in [7, 11) is 0. The van der Waals surface area contributed by atoms with E-state index in [1.54, 1.807) is 30.4 Å². The van der Waals surface area contributed by atoms with E-state index in [0.29, 0.717) is 6.54 Å². The number of nitrogens with one attached hydrogen (secondary N) is 1. The predicted molar refractivity (Wildman–Crippen MR) is 76.1 cm³/mol. The van der Waals surface area contributed by atoms with Crippen molar-refractivity contribution in [2.24, 2.45) is 0 Å². The molecule has 1 aromatic heterocycles. The highest BCUT2D eigenvalue weighted by atomic mass is 16.3. The van der Waals surface area contributed by atoms with Crippen molar-refractivity contribution in [2.45, 2.75) is 19.0 Å². The number of nitrogens with zero attached hydrogens (tertiary/aromatic N) is 1. The van der Waals surface area contributed by atoms with Crippen molar-refractivity contribution in [1.29, 1.82) is 0 Å². The maximum Gasteiger partial charge on any atom is 0.253 e. The molecule has 1 fully saturated rings. The Morgan fingerprint density at radius 2 is 2.00 bits per heavy atom. The Morgan fingerprint density at radius 1 is 1.24 bits per heavy atom. The summed E-state index contributed by atoms with van der Waals surface area (Å²) in [5, 5.41) is 2.81. The average molecular weight is 284 g/mol. The van der Waals surface area contributed by atoms with Crippen LogP contribution < -0.4 is 5.32 Å². The first-order chi connectivity index (χ1) is 10.1. The monoisotopic (exact) mass is 284 g/mol. The first-order valence-electron chi connectivity index (χ1n) is 6.76. The van der Waals surface area contributed by atoms with Crippen LogP contribution in [0.3, 0.4) is 0 Å². The van der Waals surface area contributed by atoms with Crippen molar-refractivity contribution in [2.75, 3.05) is 6.54 Å². The van der Waals surface area contributed by atoms with Crippen LogP contribution in [0.2, 0.25) is 0 Å². The molecule has 2 heterocycles. The maximum absolute atomic E-state index is 12.8. The van der Waals surface area contributed by atoms with Crippen molar-refractivity contribution in [3.8, 4) is 0 Å². The number of rotatable bonds is 3. The van der Waals surface area contributed by atoms with E-state index in [2.05, 4.69) is 5.32 Å². The number of piperazine rings is 1. The highest BCUT2D eigenvalue weighted by molar-refractivity contribution is 5.98. The zero-order chi connectivity index (χ0) is 14.9. The van der Waals surface area contributed by atoms with Gasteiger partial charge in [0.2, 0.25) is 5.91 Å². The Morgan fingerprint density at radius 3 is 2.67 bits per heavy atom. The van der Waals surface area contributed by atoms with Gasteiger partial charge in [-0.3, -0.25) is 9.59 Å². The quantitative estimate of drug-likeness (QED) is 0.932. The third kappa shape index (κ3) is 2.42. The van der Waals surface area contributed by atoms with E-state index < -0.39 is 5.54 Å². The van der Waals surface area contributed by atoms with Crippen molar-refractivity contribution < 1.29 is 14.0 Å². The van der Waals surface area contributed by atoms with Gasteiger partial charge in [0, 0.05) is 12.1 Å². The molecule has 1 aromatic carbocycles. The lowest BCUT2D eigenvalue weighted by Crippen LogP contribution is -2.62. The zero-order valence-electron chi connectivity index (χ0n) is 11.7. The molecule has 1 aliphatic heterocycles. The molecule has 5 heteroatoms. The molecule has 0 saturated carbocycles. The molecule has 21 heavy (non-hydrogen) atoms. The fourth-order valence-corrected chi connectivity index (χ4v) is 2.63. The molecule has 2 aromatic rings. The van der Waals surface area contributed by atoms with E-state index in [4.69, 9.17) is 4.42 Å². The van der Waals surface area contributed by atoms with Crippen LogP contribution in [-0.4, -0.2) is 23.3 Å². The first-order valence-corrected chi connectivity index (χ1v) is 6.76. The van der Waals surface area contributed by atoms with Crippen LogP contribution in [0.15, 0.2) is 53.3 Å². The molecule has 1 unspecified atom stereocenters. The summed E-state index contributed by atoms with van der Waals surface area (Å²) in [5.41, 5.74) is 0.619. The third-order valence-corrected chi connectivity index (χ3v) is 3.74. The highest BCUT2D eigenvalue weighted by Crippen LogP contribution is 2.27. The van der Waals surface area contributed by atoms with E-state index >= 15 is 0 Å². The molecule has 108 valence electrons. The van der Waals surface area contributed by atoms with E-state index in [-0.39, 0.29) is 18.4 Å². The number of hydrogen-bond acceptors (Lipinski definition) is 3. The molecular formula is C16H16N2O3. The van der Waals surface area contributed by atoms with Crippen LogP contribution in [0.25, 0.3) is 0 Å². The predicted octanol–water partition coefficient (Wildman–Crippen LogP) is 1.65. The van der Waals surface area contributed by atoms with Crippen LogP contribution in [0.1, 0.15) is 18.1 Å². The summed E-state index contributed by atoms with van der Waals surface area (Å²) in [6.07, 6.45) is 3.14. The number of carbonyl (C=O) groups excluding carboxylic acids is 2. The standard InChI is InChI=1S/C16H16N2O3/c1-16(13-5-3-2-4-6-13)15(20)18(10-14(19)17-16)9-12-7-8-21-11-12/h2-8,11H,9-10H2,1H3,(H,17,19). The van der Waals surface area contributed by atoms with Crippen LogP contribution in [0.4, 0.5) is 0 Å². The van der Waals surface area contributed by atoms with Gasteiger partial charge in [0.15, 0.2) is 0 Å². The largest absolute Gasteiger partial charge is 0.472 e. The SMILES string of the molecule is CC1(c2ccccc2)NC(=O)CN(Cc2ccoc2)C1=O. The Bertz CT molecular complexity index is 651. The van der Waals surface area contributed by atoms with Gasteiger partial charge in [0.1, 0.15) is 5.54 Å². The van der Waals surface area contributed by atoms with E-state index in [1.165, 1.54) is 0 Å². The highest BCUT2D eigenvalue weighted by Gasteiger charge is 2.44. The molecule has 2 amide bonds. The molecule has 0 aliphatic carbocycles. The third-order valence-electron chi connectivity index (χ3n) is 3.74. The van der Waals surface area contributed by atoms with Gasteiger partial charge in [0.25, 0.3) is 5.91 Å². The van der Waals surface area contributed by atoms with Crippen molar-refractivity contribution in [3.63, 3.8) is 0 Å². The minimum atomic E-state index is -1.03. The topological polar surface area (TPSA) is 62.6 Å². The van der Waals surface area contributed by atoms with Crippen molar-refractivity contribution in [1.82, 2.24) is 10.2 Å². The molecule has 5 nitrogen and oxygen atoms in total. The lowest BCUT2D eigenvalue weighted by Gasteiger charge is -2.40. The second-order valence-electron chi connectivity index (χ2n) is 5.33. The lowest BCUT2D eigenvalue weighted by molar-refractivity contribution is -0.150. The molecule has 0 spiro atoms. The minimum Gasteiger partial charge on any atom is -0.472 e. The van der Waals surface area contributed by atoms with Crippen LogP contribution in [-0.2, 0) is 21.7 Å². The molecular weight excluding hydrogens is 268 g/mol. The van der Waals surface area contributed by atoms with E-state index in [9.17, 15) is 9.59 Å². The molecule has 1 saturated heterocycles. The fourth-order valence-electron chi connectivity index (χ4n) is 2.63. The number of benzene rings is 1. The van der Waals surface area contributed by atoms with Gasteiger partial charge in [-0.15, -0.1) is 0 Å². The van der Waals surface area contributed by atoms with Gasteiger partial charge >= 0.3 is 0 Å². The van der Waals surface area contributed by atoms with E-state index in [0.717, 1.165) is 11.1 Å².